The lowest BCUT2D eigenvalue weighted by Gasteiger charge is -2.14. The minimum atomic E-state index is -1.19. The second kappa shape index (κ2) is 5.03. The Morgan fingerprint density at radius 1 is 1.50 bits per heavy atom. The Balaban J connectivity index is 2.32. The van der Waals surface area contributed by atoms with Crippen LogP contribution in [-0.4, -0.2) is 27.9 Å². The Morgan fingerprint density at radius 2 is 2.28 bits per heavy atom. The van der Waals surface area contributed by atoms with Gasteiger partial charge in [-0.25, -0.2) is 9.18 Å². The van der Waals surface area contributed by atoms with Crippen LogP contribution < -0.4 is 10.8 Å². The summed E-state index contributed by atoms with van der Waals surface area (Å²) in [7, 11) is 0. The van der Waals surface area contributed by atoms with Gasteiger partial charge in [-0.05, 0) is 23.8 Å². The van der Waals surface area contributed by atoms with Crippen molar-refractivity contribution in [1.82, 2.24) is 15.8 Å². The van der Waals surface area contributed by atoms with E-state index in [1.807, 2.05) is 5.48 Å². The lowest BCUT2D eigenvalue weighted by Crippen LogP contribution is -2.32. The molecule has 1 amide bonds. The Hall–Kier alpha value is -2.12. The van der Waals surface area contributed by atoms with E-state index >= 15 is 0 Å². The normalized spacial score (nSPS) is 12.6. The summed E-state index contributed by atoms with van der Waals surface area (Å²) in [5.41, 5.74) is 3.30. The maximum atomic E-state index is 13.2. The predicted octanol–water partition coefficient (Wildman–Crippen LogP) is 1.59. The molecule has 2 rings (SSSR count). The van der Waals surface area contributed by atoms with Crippen molar-refractivity contribution in [2.24, 2.45) is 0 Å². The molecular weight excluding hydrogens is 241 g/mol. The highest BCUT2D eigenvalue weighted by Gasteiger charge is 2.16. The van der Waals surface area contributed by atoms with E-state index in [1.165, 1.54) is 12.1 Å². The average Bonchev–Trinajstić information content (AvgIpc) is 2.73. The molecule has 0 radical (unpaired) electrons. The fraction of sp³-hybridized carbons (Fsp3) is 0.182. The van der Waals surface area contributed by atoms with Gasteiger partial charge in [-0.3, -0.25) is 0 Å². The van der Waals surface area contributed by atoms with Crippen LogP contribution in [0.3, 0.4) is 0 Å². The van der Waals surface area contributed by atoms with Crippen LogP contribution in [0, 0.1) is 5.82 Å². The van der Waals surface area contributed by atoms with Crippen molar-refractivity contribution >= 4 is 17.0 Å². The highest BCUT2D eigenvalue weighted by Crippen LogP contribution is 2.24. The van der Waals surface area contributed by atoms with Gasteiger partial charge in [0.1, 0.15) is 5.82 Å². The Bertz CT molecular complexity index is 570. The second-order valence-corrected chi connectivity index (χ2v) is 3.80. The van der Waals surface area contributed by atoms with Gasteiger partial charge in [0.05, 0.1) is 6.04 Å². The number of hydroxylamine groups is 1. The molecule has 0 bridgehead atoms. The number of carboxylic acid groups (broad SMARTS) is 1. The molecule has 1 unspecified atom stereocenters. The third-order valence-electron chi connectivity index (χ3n) is 2.66. The van der Waals surface area contributed by atoms with E-state index in [0.717, 1.165) is 0 Å². The van der Waals surface area contributed by atoms with Crippen LogP contribution in [0.1, 0.15) is 11.6 Å². The van der Waals surface area contributed by atoms with Crippen molar-refractivity contribution in [2.75, 3.05) is 6.54 Å². The summed E-state index contributed by atoms with van der Waals surface area (Å²) in [5.74, 6) is -0.397. The molecule has 18 heavy (non-hydrogen) atoms. The molecule has 1 aromatic carbocycles. The van der Waals surface area contributed by atoms with Gasteiger partial charge < -0.3 is 20.6 Å². The van der Waals surface area contributed by atoms with E-state index in [2.05, 4.69) is 10.3 Å². The number of halogens is 1. The van der Waals surface area contributed by atoms with Crippen molar-refractivity contribution in [1.29, 1.82) is 0 Å². The highest BCUT2D eigenvalue weighted by molar-refractivity contribution is 5.83. The van der Waals surface area contributed by atoms with Crippen LogP contribution in [0.25, 0.3) is 10.9 Å². The van der Waals surface area contributed by atoms with Crippen LogP contribution in [0.2, 0.25) is 0 Å². The molecule has 7 heteroatoms. The maximum absolute atomic E-state index is 13.2. The van der Waals surface area contributed by atoms with Crippen molar-refractivity contribution in [3.63, 3.8) is 0 Å². The number of aromatic nitrogens is 1. The number of hydrogen-bond acceptors (Lipinski definition) is 3. The molecule has 6 nitrogen and oxygen atoms in total. The van der Waals surface area contributed by atoms with Gasteiger partial charge >= 0.3 is 6.09 Å². The van der Waals surface area contributed by atoms with Crippen molar-refractivity contribution in [3.8, 4) is 0 Å². The number of benzene rings is 1. The highest BCUT2D eigenvalue weighted by atomic mass is 19.1. The number of amides is 1. The minimum Gasteiger partial charge on any atom is -0.465 e. The van der Waals surface area contributed by atoms with E-state index in [0.29, 0.717) is 16.5 Å². The molecule has 0 fully saturated rings. The summed E-state index contributed by atoms with van der Waals surface area (Å²) in [6, 6.07) is 3.57. The molecule has 0 saturated carbocycles. The molecule has 1 aromatic heterocycles. The number of carbonyl (C=O) groups is 1. The third kappa shape index (κ3) is 2.41. The SMILES string of the molecule is O=C(O)NCC(NO)c1c[nH]c2ccc(F)cc12. The zero-order chi connectivity index (χ0) is 13.1. The number of fused-ring (bicyclic) bond motifs is 1. The van der Waals surface area contributed by atoms with Crippen LogP contribution >= 0.6 is 0 Å². The van der Waals surface area contributed by atoms with Gasteiger partial charge in [-0.15, -0.1) is 0 Å². The van der Waals surface area contributed by atoms with Gasteiger partial charge in [0.15, 0.2) is 0 Å². The summed E-state index contributed by atoms with van der Waals surface area (Å²) in [4.78, 5) is 13.3. The largest absolute Gasteiger partial charge is 0.465 e. The summed E-state index contributed by atoms with van der Waals surface area (Å²) in [6.07, 6.45) is 0.405. The van der Waals surface area contributed by atoms with Crippen molar-refractivity contribution in [2.45, 2.75) is 6.04 Å². The fourth-order valence-corrected chi connectivity index (χ4v) is 1.82. The number of aromatic amines is 1. The lowest BCUT2D eigenvalue weighted by molar-refractivity contribution is 0.124. The maximum Gasteiger partial charge on any atom is 0.404 e. The van der Waals surface area contributed by atoms with Gasteiger partial charge in [-0.2, -0.15) is 5.48 Å². The standard InChI is InChI=1S/C11H12FN3O3/c12-6-1-2-9-7(3-6)8(4-13-9)10(15-18)5-14-11(16)17/h1-4,10,13-15,18H,5H2,(H,16,17). The predicted molar refractivity (Wildman–Crippen MR) is 61.9 cm³/mol. The second-order valence-electron chi connectivity index (χ2n) is 3.80. The molecule has 96 valence electrons. The van der Waals surface area contributed by atoms with Crippen LogP contribution in [0.5, 0.6) is 0 Å². The molecule has 5 N–H and O–H groups in total. The van der Waals surface area contributed by atoms with E-state index in [4.69, 9.17) is 10.3 Å². The van der Waals surface area contributed by atoms with E-state index in [1.54, 1.807) is 12.3 Å². The molecule has 0 aliphatic heterocycles. The molecule has 0 saturated heterocycles. The number of H-pyrrole nitrogens is 1. The molecule has 0 aliphatic rings. The van der Waals surface area contributed by atoms with Gasteiger partial charge in [0.25, 0.3) is 0 Å². The van der Waals surface area contributed by atoms with E-state index in [9.17, 15) is 9.18 Å². The summed E-state index contributed by atoms with van der Waals surface area (Å²) < 4.78 is 13.2. The van der Waals surface area contributed by atoms with Crippen molar-refractivity contribution < 1.29 is 19.5 Å². The number of hydrogen-bond donors (Lipinski definition) is 5. The van der Waals surface area contributed by atoms with Gasteiger partial charge in [0.2, 0.25) is 0 Å². The van der Waals surface area contributed by atoms with Gasteiger partial charge in [-0.1, -0.05) is 0 Å². The average molecular weight is 253 g/mol. The number of rotatable bonds is 4. The third-order valence-corrected chi connectivity index (χ3v) is 2.66. The van der Waals surface area contributed by atoms with E-state index in [-0.39, 0.29) is 6.54 Å². The van der Waals surface area contributed by atoms with E-state index < -0.39 is 18.0 Å². The summed E-state index contributed by atoms with van der Waals surface area (Å²) in [5, 5.41) is 20.3. The van der Waals surface area contributed by atoms with Crippen LogP contribution in [0.4, 0.5) is 9.18 Å². The summed E-state index contributed by atoms with van der Waals surface area (Å²) >= 11 is 0. The molecule has 0 aliphatic carbocycles. The minimum absolute atomic E-state index is 0.0324. The quantitative estimate of drug-likeness (QED) is 0.534. The topological polar surface area (TPSA) is 97.4 Å². The molecule has 2 aromatic rings. The van der Waals surface area contributed by atoms with Gasteiger partial charge in [0, 0.05) is 23.6 Å². The zero-order valence-corrected chi connectivity index (χ0v) is 9.27. The first-order valence-corrected chi connectivity index (χ1v) is 5.24. The first kappa shape index (κ1) is 12.3. The summed E-state index contributed by atoms with van der Waals surface area (Å²) in [6.45, 7) is -0.0324. The monoisotopic (exact) mass is 253 g/mol. The Morgan fingerprint density at radius 3 is 2.94 bits per heavy atom. The Labute approximate surface area is 101 Å². The Kier molecular flexibility index (Phi) is 3.45. The molecule has 1 heterocycles. The van der Waals surface area contributed by atoms with Crippen molar-refractivity contribution in [3.05, 3.63) is 35.8 Å². The molecule has 1 atom stereocenters. The zero-order valence-electron chi connectivity index (χ0n) is 9.27. The molecule has 0 spiro atoms. The smallest absolute Gasteiger partial charge is 0.404 e. The first-order chi connectivity index (χ1) is 8.61. The molecular formula is C11H12FN3O3. The number of nitrogens with one attached hydrogen (secondary N) is 3. The first-order valence-electron chi connectivity index (χ1n) is 5.24. The lowest BCUT2D eigenvalue weighted by atomic mass is 10.1. The fourth-order valence-electron chi connectivity index (χ4n) is 1.82. The van der Waals surface area contributed by atoms with Crippen LogP contribution in [-0.2, 0) is 0 Å². The van der Waals surface area contributed by atoms with Crippen LogP contribution in [0.15, 0.2) is 24.4 Å².